The number of benzene rings is 2. The summed E-state index contributed by atoms with van der Waals surface area (Å²) in [6, 6.07) is 13.5. The summed E-state index contributed by atoms with van der Waals surface area (Å²) in [6.07, 6.45) is 3.74. The third-order valence-electron chi connectivity index (χ3n) is 6.05. The second-order valence-corrected chi connectivity index (χ2v) is 7.85. The molecule has 6 heteroatoms. The van der Waals surface area contributed by atoms with Crippen molar-refractivity contribution in [1.29, 1.82) is 0 Å². The van der Waals surface area contributed by atoms with Gasteiger partial charge in [-0.1, -0.05) is 12.1 Å². The van der Waals surface area contributed by atoms with Crippen LogP contribution < -0.4 is 14.4 Å². The maximum atomic E-state index is 13.1. The Balaban J connectivity index is 1.48. The topological polar surface area (TPSA) is 59.1 Å². The van der Waals surface area contributed by atoms with Gasteiger partial charge in [0, 0.05) is 30.8 Å². The van der Waals surface area contributed by atoms with Crippen LogP contribution in [0.1, 0.15) is 42.9 Å². The average molecular weight is 408 g/mol. The van der Waals surface area contributed by atoms with Gasteiger partial charge in [0.15, 0.2) is 0 Å². The fraction of sp³-hybridized carbons (Fsp3) is 0.417. The zero-order valence-corrected chi connectivity index (χ0v) is 17.6. The van der Waals surface area contributed by atoms with E-state index in [1.54, 1.807) is 14.2 Å². The third kappa shape index (κ3) is 3.99. The normalized spacial score (nSPS) is 18.7. The summed E-state index contributed by atoms with van der Waals surface area (Å²) in [6.45, 7) is 1.51. The predicted octanol–water partition coefficient (Wildman–Crippen LogP) is 3.74. The van der Waals surface area contributed by atoms with Crippen molar-refractivity contribution >= 4 is 17.5 Å². The summed E-state index contributed by atoms with van der Waals surface area (Å²) < 4.78 is 10.9. The van der Waals surface area contributed by atoms with E-state index in [9.17, 15) is 9.59 Å². The molecule has 158 valence electrons. The molecule has 0 N–H and O–H groups in total. The number of anilines is 1. The predicted molar refractivity (Wildman–Crippen MR) is 115 cm³/mol. The Bertz CT molecular complexity index is 925. The highest BCUT2D eigenvalue weighted by Gasteiger charge is 2.32. The molecule has 2 saturated heterocycles. The van der Waals surface area contributed by atoms with E-state index in [-0.39, 0.29) is 17.9 Å². The van der Waals surface area contributed by atoms with E-state index in [0.29, 0.717) is 12.8 Å². The zero-order chi connectivity index (χ0) is 21.1. The van der Waals surface area contributed by atoms with Crippen LogP contribution in [0, 0.1) is 0 Å². The van der Waals surface area contributed by atoms with Gasteiger partial charge in [0.05, 0.1) is 26.7 Å². The molecular formula is C24H28N2O4. The molecular weight excluding hydrogens is 380 g/mol. The Labute approximate surface area is 177 Å². The van der Waals surface area contributed by atoms with Gasteiger partial charge in [0.1, 0.15) is 11.5 Å². The molecule has 30 heavy (non-hydrogen) atoms. The van der Waals surface area contributed by atoms with Crippen LogP contribution in [0.5, 0.6) is 11.5 Å². The molecule has 0 saturated carbocycles. The number of rotatable bonds is 6. The van der Waals surface area contributed by atoms with Gasteiger partial charge in [-0.25, -0.2) is 0 Å². The lowest BCUT2D eigenvalue weighted by atomic mass is 10.0. The fourth-order valence-electron chi connectivity index (χ4n) is 4.48. The van der Waals surface area contributed by atoms with E-state index < -0.39 is 0 Å². The number of carbonyl (C=O) groups is 2. The molecule has 0 bridgehead atoms. The van der Waals surface area contributed by atoms with Crippen LogP contribution in [-0.4, -0.2) is 44.0 Å². The molecule has 0 aliphatic carbocycles. The molecule has 4 rings (SSSR count). The van der Waals surface area contributed by atoms with Gasteiger partial charge < -0.3 is 19.3 Å². The molecule has 2 aliphatic rings. The van der Waals surface area contributed by atoms with Crippen molar-refractivity contribution < 1.29 is 19.1 Å². The number of likely N-dealkylation sites (tertiary alicyclic amines) is 1. The highest BCUT2D eigenvalue weighted by Crippen LogP contribution is 2.39. The van der Waals surface area contributed by atoms with Gasteiger partial charge in [-0.3, -0.25) is 9.59 Å². The molecule has 2 heterocycles. The summed E-state index contributed by atoms with van der Waals surface area (Å²) in [4.78, 5) is 28.8. The minimum absolute atomic E-state index is 0.0101. The Hall–Kier alpha value is -3.02. The first-order chi connectivity index (χ1) is 14.6. The summed E-state index contributed by atoms with van der Waals surface area (Å²) in [7, 11) is 3.29. The van der Waals surface area contributed by atoms with Crippen molar-refractivity contribution in [1.82, 2.24) is 4.90 Å². The monoisotopic (exact) mass is 408 g/mol. The van der Waals surface area contributed by atoms with Gasteiger partial charge in [0.2, 0.25) is 11.8 Å². The zero-order valence-electron chi connectivity index (χ0n) is 17.6. The van der Waals surface area contributed by atoms with E-state index in [4.69, 9.17) is 9.47 Å². The number of nitrogens with zero attached hydrogens (tertiary/aromatic N) is 2. The number of amides is 2. The first-order valence-electron chi connectivity index (χ1n) is 10.5. The second kappa shape index (κ2) is 8.78. The van der Waals surface area contributed by atoms with Crippen molar-refractivity contribution in [3.8, 4) is 11.5 Å². The van der Waals surface area contributed by atoms with E-state index >= 15 is 0 Å². The number of hydrogen-bond acceptors (Lipinski definition) is 4. The number of ether oxygens (including phenoxy) is 2. The van der Waals surface area contributed by atoms with Crippen LogP contribution in [-0.2, 0) is 16.0 Å². The van der Waals surface area contributed by atoms with Gasteiger partial charge in [-0.05, 0) is 55.2 Å². The Morgan fingerprint density at radius 2 is 1.83 bits per heavy atom. The molecule has 2 aliphatic heterocycles. The molecule has 1 atom stereocenters. The van der Waals surface area contributed by atoms with Gasteiger partial charge in [-0.15, -0.1) is 0 Å². The molecule has 6 nitrogen and oxygen atoms in total. The molecule has 2 fully saturated rings. The summed E-state index contributed by atoms with van der Waals surface area (Å²) in [5.41, 5.74) is 2.86. The van der Waals surface area contributed by atoms with E-state index in [1.165, 1.54) is 0 Å². The minimum atomic E-state index is -0.0101. The van der Waals surface area contributed by atoms with Crippen LogP contribution in [0.25, 0.3) is 0 Å². The van der Waals surface area contributed by atoms with Gasteiger partial charge in [0.25, 0.3) is 0 Å². The maximum absolute atomic E-state index is 13.1. The van der Waals surface area contributed by atoms with Gasteiger partial charge in [-0.2, -0.15) is 0 Å². The molecule has 0 aromatic heterocycles. The van der Waals surface area contributed by atoms with Crippen molar-refractivity contribution in [3.05, 3.63) is 53.6 Å². The summed E-state index contributed by atoms with van der Waals surface area (Å²) >= 11 is 0. The summed E-state index contributed by atoms with van der Waals surface area (Å²) in [5.74, 6) is 1.82. The molecule has 0 unspecified atom stereocenters. The molecule has 0 radical (unpaired) electrons. The van der Waals surface area contributed by atoms with Gasteiger partial charge >= 0.3 is 0 Å². The van der Waals surface area contributed by atoms with Crippen LogP contribution in [0.3, 0.4) is 0 Å². The van der Waals surface area contributed by atoms with Crippen LogP contribution in [0.15, 0.2) is 42.5 Å². The van der Waals surface area contributed by atoms with Crippen LogP contribution in [0.2, 0.25) is 0 Å². The van der Waals surface area contributed by atoms with E-state index in [0.717, 1.165) is 60.7 Å². The molecule has 2 aromatic carbocycles. The number of hydrogen-bond donors (Lipinski definition) is 0. The van der Waals surface area contributed by atoms with Crippen molar-refractivity contribution in [2.24, 2.45) is 0 Å². The number of methoxy groups -OCH3 is 2. The molecule has 0 spiro atoms. The minimum Gasteiger partial charge on any atom is -0.497 e. The molecule has 2 aromatic rings. The third-order valence-corrected chi connectivity index (χ3v) is 6.05. The average Bonchev–Trinajstić information content (AvgIpc) is 3.43. The smallest absolute Gasteiger partial charge is 0.227 e. The van der Waals surface area contributed by atoms with E-state index in [1.807, 2.05) is 52.3 Å². The second-order valence-electron chi connectivity index (χ2n) is 7.85. The van der Waals surface area contributed by atoms with Crippen molar-refractivity contribution in [3.63, 3.8) is 0 Å². The van der Waals surface area contributed by atoms with E-state index in [2.05, 4.69) is 0 Å². The fourth-order valence-corrected chi connectivity index (χ4v) is 4.48. The lowest BCUT2D eigenvalue weighted by Crippen LogP contribution is -2.32. The Kier molecular flexibility index (Phi) is 5.93. The Morgan fingerprint density at radius 3 is 2.50 bits per heavy atom. The Morgan fingerprint density at radius 1 is 1.03 bits per heavy atom. The number of carbonyl (C=O) groups excluding carboxylic acids is 2. The SMILES string of the molecule is COc1ccc(OC)c([C@@H]2CCCN2C(=O)Cc2ccc(N3CCCC3=O)cc2)c1. The van der Waals surface area contributed by atoms with Crippen molar-refractivity contribution in [2.45, 2.75) is 38.1 Å². The highest BCUT2D eigenvalue weighted by molar-refractivity contribution is 5.95. The maximum Gasteiger partial charge on any atom is 0.227 e. The lowest BCUT2D eigenvalue weighted by Gasteiger charge is -2.27. The first-order valence-corrected chi connectivity index (χ1v) is 10.5. The van der Waals surface area contributed by atoms with Crippen molar-refractivity contribution in [2.75, 3.05) is 32.2 Å². The lowest BCUT2D eigenvalue weighted by molar-refractivity contribution is -0.131. The summed E-state index contributed by atoms with van der Waals surface area (Å²) in [5, 5.41) is 0. The standard InChI is InChI=1S/C24H28N2O4/c1-29-19-11-12-22(30-2)20(16-19)21-5-3-14-26(21)24(28)15-17-7-9-18(10-8-17)25-13-4-6-23(25)27/h7-12,16,21H,3-6,13-15H2,1-2H3/t21-/m0/s1. The first kappa shape index (κ1) is 20.3. The molecule has 2 amide bonds. The highest BCUT2D eigenvalue weighted by atomic mass is 16.5. The quantitative estimate of drug-likeness (QED) is 0.731. The van der Waals surface area contributed by atoms with Crippen LogP contribution in [0.4, 0.5) is 5.69 Å². The largest absolute Gasteiger partial charge is 0.497 e. The van der Waals surface area contributed by atoms with Crippen LogP contribution >= 0.6 is 0 Å².